The molecule has 0 aromatic heterocycles. The molecule has 132 valence electrons. The molecule has 7 heteroatoms. The van der Waals surface area contributed by atoms with Gasteiger partial charge in [-0.05, 0) is 60.7 Å². The number of esters is 1. The van der Waals surface area contributed by atoms with Crippen LogP contribution >= 0.6 is 15.9 Å². The third-order valence-electron chi connectivity index (χ3n) is 3.81. The molecule has 1 aromatic carbocycles. The molecule has 0 radical (unpaired) electrons. The molecule has 1 amide bonds. The number of nitrogens with one attached hydrogen (secondary N) is 1. The number of hydrogen-bond acceptors (Lipinski definition) is 5. The van der Waals surface area contributed by atoms with E-state index in [1.807, 2.05) is 13.8 Å². The van der Waals surface area contributed by atoms with Crippen LogP contribution in [0.3, 0.4) is 0 Å². The Morgan fingerprint density at radius 1 is 1.38 bits per heavy atom. The zero-order valence-electron chi connectivity index (χ0n) is 14.1. The molecule has 6 nitrogen and oxygen atoms in total. The molecule has 0 saturated heterocycles. The molecule has 1 saturated carbocycles. The molecule has 0 bridgehead atoms. The van der Waals surface area contributed by atoms with E-state index in [9.17, 15) is 9.59 Å². The maximum atomic E-state index is 12.2. The number of amides is 1. The van der Waals surface area contributed by atoms with Gasteiger partial charge in [0.2, 0.25) is 0 Å². The van der Waals surface area contributed by atoms with Crippen molar-refractivity contribution in [3.05, 3.63) is 22.2 Å². The summed E-state index contributed by atoms with van der Waals surface area (Å²) in [4.78, 5) is 24.0. The molecule has 1 aromatic rings. The van der Waals surface area contributed by atoms with E-state index in [1.54, 1.807) is 6.07 Å². The van der Waals surface area contributed by atoms with Gasteiger partial charge in [-0.3, -0.25) is 4.79 Å². The van der Waals surface area contributed by atoms with Crippen LogP contribution < -0.4 is 14.8 Å². The number of rotatable bonds is 8. The number of carbonyl (C=O) groups excluding carboxylic acids is 2. The summed E-state index contributed by atoms with van der Waals surface area (Å²) in [6.45, 7) is 3.99. The molecule has 2 rings (SSSR count). The zero-order valence-corrected chi connectivity index (χ0v) is 15.6. The van der Waals surface area contributed by atoms with Gasteiger partial charge < -0.3 is 19.5 Å². The number of hydrogen-bond donors (Lipinski definition) is 1. The van der Waals surface area contributed by atoms with E-state index >= 15 is 0 Å². The Morgan fingerprint density at radius 2 is 2.08 bits per heavy atom. The monoisotopic (exact) mass is 399 g/mol. The molecule has 1 fully saturated rings. The van der Waals surface area contributed by atoms with E-state index < -0.39 is 5.97 Å². The summed E-state index contributed by atoms with van der Waals surface area (Å²) in [5, 5.41) is 2.84. The SMILES string of the molecule is CCOc1c(Br)cc(C(=O)OCC(=O)N[C@@H](C)C2CC2)cc1OC. The highest BCUT2D eigenvalue weighted by molar-refractivity contribution is 9.10. The van der Waals surface area contributed by atoms with E-state index in [0.717, 1.165) is 12.8 Å². The summed E-state index contributed by atoms with van der Waals surface area (Å²) < 4.78 is 16.4. The number of carbonyl (C=O) groups is 2. The molecule has 0 spiro atoms. The number of methoxy groups -OCH3 is 1. The minimum Gasteiger partial charge on any atom is -0.493 e. The first-order chi connectivity index (χ1) is 11.5. The van der Waals surface area contributed by atoms with Crippen LogP contribution in [0.5, 0.6) is 11.5 Å². The average Bonchev–Trinajstić information content (AvgIpc) is 3.39. The Labute approximate surface area is 150 Å². The van der Waals surface area contributed by atoms with Crippen LogP contribution in [-0.4, -0.2) is 38.2 Å². The minimum absolute atomic E-state index is 0.121. The van der Waals surface area contributed by atoms with Gasteiger partial charge in [0.25, 0.3) is 5.91 Å². The molecule has 0 unspecified atom stereocenters. The van der Waals surface area contributed by atoms with Crippen molar-refractivity contribution >= 4 is 27.8 Å². The van der Waals surface area contributed by atoms with Crippen LogP contribution in [0.1, 0.15) is 37.0 Å². The third kappa shape index (κ3) is 4.87. The van der Waals surface area contributed by atoms with E-state index in [4.69, 9.17) is 14.2 Å². The summed E-state index contributed by atoms with van der Waals surface area (Å²) in [7, 11) is 1.49. The Hall–Kier alpha value is -1.76. The van der Waals surface area contributed by atoms with Crippen LogP contribution in [0.15, 0.2) is 16.6 Å². The lowest BCUT2D eigenvalue weighted by Crippen LogP contribution is -2.37. The lowest BCUT2D eigenvalue weighted by molar-refractivity contribution is -0.124. The lowest BCUT2D eigenvalue weighted by Gasteiger charge is -2.14. The molecular weight excluding hydrogens is 378 g/mol. The van der Waals surface area contributed by atoms with Crippen molar-refractivity contribution in [1.29, 1.82) is 0 Å². The number of benzene rings is 1. The van der Waals surface area contributed by atoms with Crippen molar-refractivity contribution in [1.82, 2.24) is 5.32 Å². The summed E-state index contributed by atoms with van der Waals surface area (Å²) >= 11 is 3.35. The van der Waals surface area contributed by atoms with Crippen molar-refractivity contribution in [2.24, 2.45) is 5.92 Å². The highest BCUT2D eigenvalue weighted by atomic mass is 79.9. The normalized spacial score (nSPS) is 14.7. The standard InChI is InChI=1S/C17H22BrNO5/c1-4-23-16-13(18)7-12(8-14(16)22-3)17(21)24-9-15(20)19-10(2)11-5-6-11/h7-8,10-11H,4-6,9H2,1-3H3,(H,19,20)/t10-/m0/s1. The van der Waals surface area contributed by atoms with Crippen molar-refractivity contribution in [2.45, 2.75) is 32.7 Å². The maximum Gasteiger partial charge on any atom is 0.338 e. The van der Waals surface area contributed by atoms with Crippen molar-refractivity contribution in [3.63, 3.8) is 0 Å². The Kier molecular flexibility index (Phi) is 6.48. The van der Waals surface area contributed by atoms with Gasteiger partial charge in [0.05, 0.1) is 23.8 Å². The lowest BCUT2D eigenvalue weighted by atomic mass is 10.2. The smallest absolute Gasteiger partial charge is 0.338 e. The molecular formula is C17H22BrNO5. The first kappa shape index (κ1) is 18.6. The van der Waals surface area contributed by atoms with E-state index in [2.05, 4.69) is 21.2 Å². The topological polar surface area (TPSA) is 73.9 Å². The second-order valence-corrected chi connectivity index (χ2v) is 6.55. The molecule has 1 atom stereocenters. The molecule has 0 heterocycles. The summed E-state index contributed by atoms with van der Waals surface area (Å²) in [6.07, 6.45) is 2.28. The second kappa shape index (κ2) is 8.37. The van der Waals surface area contributed by atoms with E-state index in [0.29, 0.717) is 28.5 Å². The van der Waals surface area contributed by atoms with Gasteiger partial charge in [-0.15, -0.1) is 0 Å². The van der Waals surface area contributed by atoms with Gasteiger partial charge in [0, 0.05) is 6.04 Å². The Bertz CT molecular complexity index is 615. The van der Waals surface area contributed by atoms with Gasteiger partial charge in [-0.2, -0.15) is 0 Å². The van der Waals surface area contributed by atoms with Crippen molar-refractivity contribution in [2.75, 3.05) is 20.3 Å². The highest BCUT2D eigenvalue weighted by Gasteiger charge is 2.29. The van der Waals surface area contributed by atoms with Gasteiger partial charge >= 0.3 is 5.97 Å². The number of halogens is 1. The molecule has 1 N–H and O–H groups in total. The Balaban J connectivity index is 1.96. The van der Waals surface area contributed by atoms with Crippen LogP contribution in [0.4, 0.5) is 0 Å². The Morgan fingerprint density at radius 3 is 2.67 bits per heavy atom. The van der Waals surface area contributed by atoms with Gasteiger partial charge in [-0.25, -0.2) is 4.79 Å². The molecule has 1 aliphatic carbocycles. The first-order valence-corrected chi connectivity index (χ1v) is 8.72. The molecule has 24 heavy (non-hydrogen) atoms. The fourth-order valence-corrected chi connectivity index (χ4v) is 2.90. The van der Waals surface area contributed by atoms with E-state index in [1.165, 1.54) is 13.2 Å². The minimum atomic E-state index is -0.591. The highest BCUT2D eigenvalue weighted by Crippen LogP contribution is 2.36. The molecule has 0 aliphatic heterocycles. The summed E-state index contributed by atoms with van der Waals surface area (Å²) in [5.74, 6) is 0.611. The van der Waals surface area contributed by atoms with Gasteiger partial charge in [0.1, 0.15) is 0 Å². The largest absolute Gasteiger partial charge is 0.493 e. The first-order valence-electron chi connectivity index (χ1n) is 7.93. The number of ether oxygens (including phenoxy) is 3. The fourth-order valence-electron chi connectivity index (χ4n) is 2.35. The predicted octanol–water partition coefficient (Wildman–Crippen LogP) is 2.93. The van der Waals surface area contributed by atoms with Crippen LogP contribution in [0, 0.1) is 5.92 Å². The molecule has 1 aliphatic rings. The van der Waals surface area contributed by atoms with E-state index in [-0.39, 0.29) is 24.1 Å². The van der Waals surface area contributed by atoms with Crippen LogP contribution in [0.25, 0.3) is 0 Å². The van der Waals surface area contributed by atoms with Gasteiger partial charge in [0.15, 0.2) is 18.1 Å². The summed E-state index contributed by atoms with van der Waals surface area (Å²) in [5.41, 5.74) is 0.283. The van der Waals surface area contributed by atoms with Crippen molar-refractivity contribution in [3.8, 4) is 11.5 Å². The van der Waals surface area contributed by atoms with Crippen molar-refractivity contribution < 1.29 is 23.8 Å². The fraction of sp³-hybridized carbons (Fsp3) is 0.529. The summed E-state index contributed by atoms with van der Waals surface area (Å²) in [6, 6.07) is 3.24. The second-order valence-electron chi connectivity index (χ2n) is 5.69. The third-order valence-corrected chi connectivity index (χ3v) is 4.39. The zero-order chi connectivity index (χ0) is 17.7. The quantitative estimate of drug-likeness (QED) is 0.680. The van der Waals surface area contributed by atoms with Crippen LogP contribution in [0.2, 0.25) is 0 Å². The van der Waals surface area contributed by atoms with Gasteiger partial charge in [-0.1, -0.05) is 0 Å². The average molecular weight is 400 g/mol. The van der Waals surface area contributed by atoms with Crippen LogP contribution in [-0.2, 0) is 9.53 Å². The maximum absolute atomic E-state index is 12.2. The predicted molar refractivity (Wildman–Crippen MR) is 92.5 cm³/mol.